The van der Waals surface area contributed by atoms with Gasteiger partial charge in [0.25, 0.3) is 0 Å². The number of hydrogen-bond acceptors (Lipinski definition) is 4. The van der Waals surface area contributed by atoms with E-state index in [2.05, 4.69) is 0 Å². The zero-order valence-corrected chi connectivity index (χ0v) is 17.4. The smallest absolute Gasteiger partial charge is 0.338 e. The molecule has 9 heteroatoms. The second-order valence-corrected chi connectivity index (χ2v) is 7.19. The molecule has 0 bridgehead atoms. The molecule has 0 saturated heterocycles. The van der Waals surface area contributed by atoms with E-state index in [1.165, 1.54) is 30.3 Å². The molecular weight excluding hydrogens is 453 g/mol. The number of ether oxygens (including phenoxy) is 3. The van der Waals surface area contributed by atoms with Gasteiger partial charge in [-0.25, -0.2) is 9.18 Å². The molecule has 0 N–H and O–H groups in total. The maximum Gasteiger partial charge on any atom is 0.338 e. The van der Waals surface area contributed by atoms with Gasteiger partial charge >= 0.3 is 5.97 Å². The molecule has 0 aliphatic heterocycles. The first-order valence-corrected chi connectivity index (χ1v) is 9.56. The van der Waals surface area contributed by atoms with E-state index >= 15 is 0 Å². The van der Waals surface area contributed by atoms with Gasteiger partial charge in [-0.05, 0) is 30.3 Å². The second kappa shape index (κ2) is 11.4. The fraction of sp³-hybridized carbons (Fsp3) is 0.211. The van der Waals surface area contributed by atoms with Crippen LogP contribution in [0.2, 0.25) is 10.0 Å². The predicted molar refractivity (Wildman–Crippen MR) is 109 cm³/mol. The van der Waals surface area contributed by atoms with Gasteiger partial charge in [0.15, 0.2) is 5.75 Å². The summed E-state index contributed by atoms with van der Waals surface area (Å²) in [4.78, 5) is 11.8. The van der Waals surface area contributed by atoms with Crippen molar-refractivity contribution in [1.29, 1.82) is 0 Å². The second-order valence-electron chi connectivity index (χ2n) is 5.37. The van der Waals surface area contributed by atoms with Crippen LogP contribution in [0.15, 0.2) is 47.0 Å². The van der Waals surface area contributed by atoms with Crippen molar-refractivity contribution in [2.45, 2.75) is 6.42 Å². The van der Waals surface area contributed by atoms with Gasteiger partial charge in [0.1, 0.15) is 22.7 Å². The standard InChI is InChI=1S/C19H15Cl4FO4/c20-15-10-14(26-9-6-17(22)23)11-16(21)18(15)27-7-1-8-28-19(25)12-2-4-13(24)5-3-12/h2-6,10-11H,1,7-9H2. The summed E-state index contributed by atoms with van der Waals surface area (Å²) in [7, 11) is 0. The lowest BCUT2D eigenvalue weighted by Crippen LogP contribution is -2.09. The van der Waals surface area contributed by atoms with Crippen LogP contribution in [0.25, 0.3) is 0 Å². The van der Waals surface area contributed by atoms with Crippen molar-refractivity contribution >= 4 is 52.4 Å². The molecule has 0 spiro atoms. The van der Waals surface area contributed by atoms with Crippen molar-refractivity contribution in [1.82, 2.24) is 0 Å². The molecule has 0 amide bonds. The Morgan fingerprint density at radius 2 is 1.64 bits per heavy atom. The number of benzene rings is 2. The van der Waals surface area contributed by atoms with Crippen LogP contribution in [0.4, 0.5) is 4.39 Å². The molecule has 0 aliphatic carbocycles. The highest BCUT2D eigenvalue weighted by Gasteiger charge is 2.11. The Morgan fingerprint density at radius 1 is 1.00 bits per heavy atom. The van der Waals surface area contributed by atoms with Crippen LogP contribution >= 0.6 is 46.4 Å². The predicted octanol–water partition coefficient (Wildman–Crippen LogP) is 6.46. The number of halogens is 5. The molecule has 4 nitrogen and oxygen atoms in total. The minimum Gasteiger partial charge on any atom is -0.490 e. The van der Waals surface area contributed by atoms with E-state index in [4.69, 9.17) is 60.6 Å². The largest absolute Gasteiger partial charge is 0.490 e. The summed E-state index contributed by atoms with van der Waals surface area (Å²) in [6, 6.07) is 8.19. The normalized spacial score (nSPS) is 10.3. The Hall–Kier alpha value is -1.66. The Bertz CT molecular complexity index is 813. The Balaban J connectivity index is 1.78. The molecule has 0 saturated carbocycles. The van der Waals surface area contributed by atoms with E-state index in [1.54, 1.807) is 12.1 Å². The third kappa shape index (κ3) is 7.40. The lowest BCUT2D eigenvalue weighted by atomic mass is 10.2. The summed E-state index contributed by atoms with van der Waals surface area (Å²) in [5.74, 6) is -0.231. The minimum atomic E-state index is -0.538. The van der Waals surface area contributed by atoms with Gasteiger partial charge in [-0.1, -0.05) is 46.4 Å². The minimum absolute atomic E-state index is 0.0947. The Kier molecular flexibility index (Phi) is 9.19. The first-order chi connectivity index (χ1) is 13.4. The number of esters is 1. The van der Waals surface area contributed by atoms with Crippen molar-refractivity contribution in [2.75, 3.05) is 19.8 Å². The lowest BCUT2D eigenvalue weighted by molar-refractivity contribution is 0.0486. The van der Waals surface area contributed by atoms with Gasteiger partial charge in [0, 0.05) is 18.6 Å². The van der Waals surface area contributed by atoms with E-state index in [0.29, 0.717) is 17.9 Å². The molecule has 0 unspecified atom stereocenters. The summed E-state index contributed by atoms with van der Waals surface area (Å²) in [6.45, 7) is 0.508. The lowest BCUT2D eigenvalue weighted by Gasteiger charge is -2.12. The van der Waals surface area contributed by atoms with Gasteiger partial charge in [0.05, 0.1) is 28.8 Å². The average Bonchev–Trinajstić information content (AvgIpc) is 2.63. The number of hydrogen-bond donors (Lipinski definition) is 0. The van der Waals surface area contributed by atoms with E-state index in [-0.39, 0.29) is 39.9 Å². The van der Waals surface area contributed by atoms with Gasteiger partial charge < -0.3 is 14.2 Å². The van der Waals surface area contributed by atoms with E-state index in [0.717, 1.165) is 0 Å². The molecule has 2 aromatic rings. The van der Waals surface area contributed by atoms with Gasteiger partial charge in [0.2, 0.25) is 0 Å². The van der Waals surface area contributed by atoms with Gasteiger partial charge in [-0.2, -0.15) is 0 Å². The topological polar surface area (TPSA) is 44.8 Å². The van der Waals surface area contributed by atoms with Crippen molar-refractivity contribution in [3.8, 4) is 11.5 Å². The molecule has 150 valence electrons. The fourth-order valence-corrected chi connectivity index (χ4v) is 2.73. The van der Waals surface area contributed by atoms with Crippen LogP contribution < -0.4 is 9.47 Å². The van der Waals surface area contributed by atoms with Gasteiger partial charge in [-0.3, -0.25) is 0 Å². The van der Waals surface area contributed by atoms with Crippen LogP contribution in [0.5, 0.6) is 11.5 Å². The van der Waals surface area contributed by atoms with Gasteiger partial charge in [-0.15, -0.1) is 0 Å². The monoisotopic (exact) mass is 466 g/mol. The van der Waals surface area contributed by atoms with Crippen LogP contribution in [0.1, 0.15) is 16.8 Å². The molecule has 2 aromatic carbocycles. The number of rotatable bonds is 9. The fourth-order valence-electron chi connectivity index (χ4n) is 2.03. The zero-order valence-electron chi connectivity index (χ0n) is 14.4. The molecule has 28 heavy (non-hydrogen) atoms. The van der Waals surface area contributed by atoms with E-state index in [1.807, 2.05) is 0 Å². The van der Waals surface area contributed by atoms with Crippen LogP contribution in [0, 0.1) is 5.82 Å². The molecular formula is C19H15Cl4FO4. The highest BCUT2D eigenvalue weighted by molar-refractivity contribution is 6.55. The molecule has 0 heterocycles. The summed E-state index contributed by atoms with van der Waals surface area (Å²) in [5.41, 5.74) is 0.272. The molecule has 0 radical (unpaired) electrons. The van der Waals surface area contributed by atoms with Crippen LogP contribution in [-0.2, 0) is 4.74 Å². The first-order valence-electron chi connectivity index (χ1n) is 8.05. The van der Waals surface area contributed by atoms with E-state index < -0.39 is 11.8 Å². The quantitative estimate of drug-likeness (QED) is 0.313. The third-order valence-electron chi connectivity index (χ3n) is 3.31. The molecule has 0 fully saturated rings. The van der Waals surface area contributed by atoms with Crippen molar-refractivity contribution < 1.29 is 23.4 Å². The molecule has 0 atom stereocenters. The Morgan fingerprint density at radius 3 is 2.25 bits per heavy atom. The van der Waals surface area contributed by atoms with E-state index in [9.17, 15) is 9.18 Å². The highest BCUT2D eigenvalue weighted by Crippen LogP contribution is 2.37. The summed E-state index contributed by atoms with van der Waals surface area (Å²) in [5, 5.41) is 0.540. The summed E-state index contributed by atoms with van der Waals surface area (Å²) in [6.07, 6.45) is 1.89. The highest BCUT2D eigenvalue weighted by atomic mass is 35.5. The summed E-state index contributed by atoms with van der Waals surface area (Å²) < 4.78 is 29.0. The maximum absolute atomic E-state index is 12.8. The number of carbonyl (C=O) groups is 1. The Labute approximate surface area is 181 Å². The number of carbonyl (C=O) groups excluding carboxylic acids is 1. The molecule has 0 aromatic heterocycles. The first kappa shape index (κ1) is 22.6. The zero-order chi connectivity index (χ0) is 20.5. The van der Waals surface area contributed by atoms with Crippen molar-refractivity contribution in [3.05, 3.63) is 68.4 Å². The summed E-state index contributed by atoms with van der Waals surface area (Å²) >= 11 is 23.3. The third-order valence-corrected chi connectivity index (χ3v) is 4.18. The van der Waals surface area contributed by atoms with Crippen molar-refractivity contribution in [2.24, 2.45) is 0 Å². The SMILES string of the molecule is O=C(OCCCOc1c(Cl)cc(OCC=C(Cl)Cl)cc1Cl)c1ccc(F)cc1. The van der Waals surface area contributed by atoms with Crippen LogP contribution in [0.3, 0.4) is 0 Å². The maximum atomic E-state index is 12.8. The van der Waals surface area contributed by atoms with Crippen molar-refractivity contribution in [3.63, 3.8) is 0 Å². The average molecular weight is 468 g/mol. The van der Waals surface area contributed by atoms with Crippen LogP contribution in [-0.4, -0.2) is 25.8 Å². The molecule has 0 aliphatic rings. The molecule has 2 rings (SSSR count).